The van der Waals surface area contributed by atoms with Gasteiger partial charge < -0.3 is 20.8 Å². The van der Waals surface area contributed by atoms with Crippen LogP contribution in [0.5, 0.6) is 0 Å². The number of nitrogens with two attached hydrogens (primary N) is 1. The molecule has 1 aromatic rings. The third-order valence-electron chi connectivity index (χ3n) is 3.26. The minimum Gasteiger partial charge on any atom is -0.459 e. The number of furan rings is 1. The van der Waals surface area contributed by atoms with E-state index in [0.29, 0.717) is 12.5 Å². The Hall–Kier alpha value is -1.53. The maximum Gasteiger partial charge on any atom is 0.287 e. The van der Waals surface area contributed by atoms with Crippen molar-refractivity contribution in [1.29, 1.82) is 0 Å². The number of hydrogen-bond donors (Lipinski definition) is 3. The van der Waals surface area contributed by atoms with Crippen LogP contribution in [0.15, 0.2) is 22.8 Å². The number of rotatable bonds is 6. The van der Waals surface area contributed by atoms with Crippen LogP contribution in [0.25, 0.3) is 0 Å². The van der Waals surface area contributed by atoms with Crippen LogP contribution in [0.2, 0.25) is 0 Å². The summed E-state index contributed by atoms with van der Waals surface area (Å²) in [6, 6.07) is 2.56. The molecule has 2 unspecified atom stereocenters. The topological polar surface area (TPSA) is 97.4 Å². The number of hydrogen-bond acceptors (Lipinski definition) is 4. The summed E-state index contributed by atoms with van der Waals surface area (Å²) in [5, 5.41) is 5.46. The highest BCUT2D eigenvalue weighted by molar-refractivity contribution is 5.95. The van der Waals surface area contributed by atoms with Gasteiger partial charge in [0.1, 0.15) is 6.04 Å². The lowest BCUT2D eigenvalue weighted by atomic mass is 10.1. The molecule has 1 fully saturated rings. The van der Waals surface area contributed by atoms with Crippen molar-refractivity contribution in [3.05, 3.63) is 24.2 Å². The van der Waals surface area contributed by atoms with Gasteiger partial charge in [-0.05, 0) is 37.8 Å². The van der Waals surface area contributed by atoms with E-state index < -0.39 is 11.9 Å². The molecule has 1 aliphatic carbocycles. The highest BCUT2D eigenvalue weighted by Crippen LogP contribution is 2.32. The predicted octanol–water partition coefficient (Wildman–Crippen LogP) is 0.673. The second kappa shape index (κ2) is 7.31. The van der Waals surface area contributed by atoms with Gasteiger partial charge in [0.2, 0.25) is 5.91 Å². The SMILES string of the molecule is CC(NC(=O)c1ccco1)C(=O)NC(CN)C1CC1.Cl. The zero-order valence-electron chi connectivity index (χ0n) is 11.3. The first kappa shape index (κ1) is 16.5. The van der Waals surface area contributed by atoms with Gasteiger partial charge in [-0.15, -0.1) is 12.4 Å². The van der Waals surface area contributed by atoms with E-state index >= 15 is 0 Å². The van der Waals surface area contributed by atoms with E-state index in [2.05, 4.69) is 10.6 Å². The zero-order valence-corrected chi connectivity index (χ0v) is 12.1. The molecular formula is C13H20ClN3O3. The van der Waals surface area contributed by atoms with E-state index in [1.807, 2.05) is 0 Å². The fraction of sp³-hybridized carbons (Fsp3) is 0.538. The molecule has 0 bridgehead atoms. The number of carbonyl (C=O) groups is 2. The number of nitrogens with one attached hydrogen (secondary N) is 2. The molecule has 0 saturated heterocycles. The van der Waals surface area contributed by atoms with Crippen molar-refractivity contribution in [2.75, 3.05) is 6.54 Å². The average molecular weight is 302 g/mol. The molecule has 2 amide bonds. The number of carbonyl (C=O) groups excluding carboxylic acids is 2. The molecule has 1 aromatic heterocycles. The molecule has 112 valence electrons. The summed E-state index contributed by atoms with van der Waals surface area (Å²) < 4.78 is 4.96. The van der Waals surface area contributed by atoms with Crippen LogP contribution in [-0.2, 0) is 4.79 Å². The Balaban J connectivity index is 0.00000200. The third kappa shape index (κ3) is 4.25. The van der Waals surface area contributed by atoms with Gasteiger partial charge in [0.15, 0.2) is 5.76 Å². The van der Waals surface area contributed by atoms with E-state index in [1.54, 1.807) is 19.1 Å². The van der Waals surface area contributed by atoms with Gasteiger partial charge >= 0.3 is 0 Å². The lowest BCUT2D eigenvalue weighted by Crippen LogP contribution is -2.50. The van der Waals surface area contributed by atoms with Crippen molar-refractivity contribution in [2.45, 2.75) is 31.8 Å². The normalized spacial score (nSPS) is 16.7. The molecule has 20 heavy (non-hydrogen) atoms. The average Bonchev–Trinajstić information content (AvgIpc) is 3.08. The Morgan fingerprint density at radius 3 is 2.65 bits per heavy atom. The highest BCUT2D eigenvalue weighted by atomic mass is 35.5. The van der Waals surface area contributed by atoms with E-state index in [-0.39, 0.29) is 30.1 Å². The molecule has 4 N–H and O–H groups in total. The molecule has 0 radical (unpaired) electrons. The molecule has 7 heteroatoms. The van der Waals surface area contributed by atoms with E-state index in [9.17, 15) is 9.59 Å². The van der Waals surface area contributed by atoms with Crippen LogP contribution in [-0.4, -0.2) is 30.4 Å². The van der Waals surface area contributed by atoms with Crippen LogP contribution >= 0.6 is 12.4 Å². The van der Waals surface area contributed by atoms with Gasteiger partial charge in [0.25, 0.3) is 5.91 Å². The molecule has 1 heterocycles. The summed E-state index contributed by atoms with van der Waals surface area (Å²) in [6.45, 7) is 2.06. The summed E-state index contributed by atoms with van der Waals surface area (Å²) >= 11 is 0. The summed E-state index contributed by atoms with van der Waals surface area (Å²) in [4.78, 5) is 23.7. The van der Waals surface area contributed by atoms with Crippen LogP contribution in [0.3, 0.4) is 0 Å². The van der Waals surface area contributed by atoms with Gasteiger partial charge in [0, 0.05) is 12.6 Å². The summed E-state index contributed by atoms with van der Waals surface area (Å²) in [6.07, 6.45) is 3.63. The Labute approximate surface area is 123 Å². The lowest BCUT2D eigenvalue weighted by molar-refractivity contribution is -0.123. The summed E-state index contributed by atoms with van der Waals surface area (Å²) in [7, 11) is 0. The second-order valence-corrected chi connectivity index (χ2v) is 4.86. The van der Waals surface area contributed by atoms with Crippen molar-refractivity contribution in [3.63, 3.8) is 0 Å². The standard InChI is InChI=1S/C13H19N3O3.ClH/c1-8(15-13(18)11-3-2-6-19-11)12(17)16-10(7-14)9-4-5-9;/h2-3,6,8-10H,4-5,7,14H2,1H3,(H,15,18)(H,16,17);1H. The van der Waals surface area contributed by atoms with Crippen molar-refractivity contribution < 1.29 is 14.0 Å². The second-order valence-electron chi connectivity index (χ2n) is 4.86. The summed E-state index contributed by atoms with van der Waals surface area (Å²) in [5.41, 5.74) is 5.62. The largest absolute Gasteiger partial charge is 0.459 e. The Bertz CT molecular complexity index is 446. The Kier molecular flexibility index (Phi) is 6.04. The first-order chi connectivity index (χ1) is 9.11. The van der Waals surface area contributed by atoms with Gasteiger partial charge in [-0.3, -0.25) is 9.59 Å². The van der Waals surface area contributed by atoms with Gasteiger partial charge in [-0.2, -0.15) is 0 Å². The van der Waals surface area contributed by atoms with E-state index in [4.69, 9.17) is 10.2 Å². The minimum absolute atomic E-state index is 0. The molecule has 2 atom stereocenters. The molecule has 6 nitrogen and oxygen atoms in total. The van der Waals surface area contributed by atoms with Crippen LogP contribution in [0.4, 0.5) is 0 Å². The van der Waals surface area contributed by atoms with Crippen LogP contribution in [0, 0.1) is 5.92 Å². The van der Waals surface area contributed by atoms with Crippen molar-refractivity contribution in [2.24, 2.45) is 11.7 Å². The van der Waals surface area contributed by atoms with Gasteiger partial charge in [-0.25, -0.2) is 0 Å². The van der Waals surface area contributed by atoms with Crippen molar-refractivity contribution in [3.8, 4) is 0 Å². The Morgan fingerprint density at radius 1 is 1.45 bits per heavy atom. The van der Waals surface area contributed by atoms with Crippen LogP contribution in [0.1, 0.15) is 30.3 Å². The Morgan fingerprint density at radius 2 is 2.15 bits per heavy atom. The fourth-order valence-electron chi connectivity index (χ4n) is 1.92. The molecule has 0 aromatic carbocycles. The minimum atomic E-state index is -0.620. The molecule has 0 aliphatic heterocycles. The molecule has 1 saturated carbocycles. The first-order valence-electron chi connectivity index (χ1n) is 6.46. The van der Waals surface area contributed by atoms with E-state index in [1.165, 1.54) is 6.26 Å². The maximum atomic E-state index is 11.9. The highest BCUT2D eigenvalue weighted by Gasteiger charge is 2.32. The maximum absolute atomic E-state index is 11.9. The number of halogens is 1. The smallest absolute Gasteiger partial charge is 0.287 e. The molecule has 0 spiro atoms. The fourth-order valence-corrected chi connectivity index (χ4v) is 1.92. The van der Waals surface area contributed by atoms with Gasteiger partial charge in [-0.1, -0.05) is 0 Å². The summed E-state index contributed by atoms with van der Waals surface area (Å²) in [5.74, 6) is 0.0600. The monoisotopic (exact) mass is 301 g/mol. The molecule has 1 aliphatic rings. The van der Waals surface area contributed by atoms with Gasteiger partial charge in [0.05, 0.1) is 6.26 Å². The number of amides is 2. The molecule has 2 rings (SSSR count). The van der Waals surface area contributed by atoms with E-state index in [0.717, 1.165) is 12.8 Å². The molecular weight excluding hydrogens is 282 g/mol. The predicted molar refractivity (Wildman–Crippen MR) is 76.6 cm³/mol. The van der Waals surface area contributed by atoms with Crippen molar-refractivity contribution >= 4 is 24.2 Å². The lowest BCUT2D eigenvalue weighted by Gasteiger charge is -2.19. The van der Waals surface area contributed by atoms with Crippen molar-refractivity contribution in [1.82, 2.24) is 10.6 Å². The van der Waals surface area contributed by atoms with Crippen LogP contribution < -0.4 is 16.4 Å². The zero-order chi connectivity index (χ0) is 13.8. The third-order valence-corrected chi connectivity index (χ3v) is 3.26. The quantitative estimate of drug-likeness (QED) is 0.719. The first-order valence-corrected chi connectivity index (χ1v) is 6.46.